The molecular weight excluding hydrogens is 208 g/mol. The first-order valence-electron chi connectivity index (χ1n) is 7.56. The third-order valence-corrected chi connectivity index (χ3v) is 6.26. The smallest absolute Gasteiger partial charge is 0.0563 e. The van der Waals surface area contributed by atoms with Crippen LogP contribution in [0.4, 0.5) is 0 Å². The minimum Gasteiger partial charge on any atom is -0.393 e. The van der Waals surface area contributed by atoms with E-state index in [4.69, 9.17) is 0 Å². The lowest BCUT2D eigenvalue weighted by molar-refractivity contribution is -0.134. The highest BCUT2D eigenvalue weighted by Crippen LogP contribution is 2.63. The Hall–Kier alpha value is -0.0400. The van der Waals surface area contributed by atoms with Gasteiger partial charge in [-0.1, -0.05) is 34.6 Å². The first kappa shape index (κ1) is 13.4. The van der Waals surface area contributed by atoms with E-state index < -0.39 is 0 Å². The van der Waals surface area contributed by atoms with Crippen LogP contribution in [0.1, 0.15) is 60.3 Å². The summed E-state index contributed by atoms with van der Waals surface area (Å²) in [6.07, 6.45) is 4.93. The van der Waals surface area contributed by atoms with Gasteiger partial charge in [-0.3, -0.25) is 0 Å². The zero-order chi connectivity index (χ0) is 12.8. The van der Waals surface area contributed by atoms with Crippen LogP contribution in [0.5, 0.6) is 0 Å². The van der Waals surface area contributed by atoms with Crippen LogP contribution in [0, 0.1) is 35.0 Å². The maximum atomic E-state index is 9.92. The van der Waals surface area contributed by atoms with E-state index in [1.54, 1.807) is 0 Å². The third kappa shape index (κ3) is 2.16. The number of fused-ring (bicyclic) bond motifs is 2. The first-order chi connectivity index (χ1) is 7.87. The second kappa shape index (κ2) is 4.57. The van der Waals surface area contributed by atoms with E-state index >= 15 is 0 Å². The summed E-state index contributed by atoms with van der Waals surface area (Å²) in [5.41, 5.74) is 0.600. The van der Waals surface area contributed by atoms with Gasteiger partial charge in [0.25, 0.3) is 0 Å². The molecular formula is C16H30O. The van der Waals surface area contributed by atoms with Gasteiger partial charge in [0.15, 0.2) is 0 Å². The van der Waals surface area contributed by atoms with Crippen molar-refractivity contribution in [3.63, 3.8) is 0 Å². The van der Waals surface area contributed by atoms with E-state index in [0.717, 1.165) is 30.1 Å². The van der Waals surface area contributed by atoms with Crippen molar-refractivity contribution in [3.05, 3.63) is 0 Å². The van der Waals surface area contributed by atoms with E-state index in [1.165, 1.54) is 19.3 Å². The van der Waals surface area contributed by atoms with Crippen LogP contribution in [0.3, 0.4) is 0 Å². The number of aliphatic hydroxyl groups excluding tert-OH is 1. The lowest BCUT2D eigenvalue weighted by Gasteiger charge is -2.62. The van der Waals surface area contributed by atoms with Gasteiger partial charge >= 0.3 is 0 Å². The van der Waals surface area contributed by atoms with Crippen molar-refractivity contribution in [1.29, 1.82) is 0 Å². The Labute approximate surface area is 107 Å². The molecule has 1 nitrogen and oxygen atoms in total. The highest BCUT2D eigenvalue weighted by molar-refractivity contribution is 5.05. The molecule has 3 aliphatic carbocycles. The molecule has 0 aromatic rings. The van der Waals surface area contributed by atoms with Gasteiger partial charge in [0.1, 0.15) is 0 Å². The van der Waals surface area contributed by atoms with Gasteiger partial charge in [0.05, 0.1) is 6.10 Å². The van der Waals surface area contributed by atoms with Gasteiger partial charge in [0.2, 0.25) is 0 Å². The zero-order valence-electron chi connectivity index (χ0n) is 12.2. The van der Waals surface area contributed by atoms with Crippen LogP contribution in [-0.4, -0.2) is 11.2 Å². The molecule has 1 heteroatoms. The molecule has 6 unspecified atom stereocenters. The van der Waals surface area contributed by atoms with Crippen LogP contribution in [0.2, 0.25) is 0 Å². The predicted molar refractivity (Wildman–Crippen MR) is 72.7 cm³/mol. The predicted octanol–water partition coefficient (Wildman–Crippen LogP) is 4.10. The summed E-state index contributed by atoms with van der Waals surface area (Å²) in [6.45, 7) is 11.7. The fourth-order valence-corrected chi connectivity index (χ4v) is 4.60. The van der Waals surface area contributed by atoms with Crippen LogP contribution >= 0.6 is 0 Å². The van der Waals surface area contributed by atoms with Crippen molar-refractivity contribution >= 4 is 0 Å². The topological polar surface area (TPSA) is 20.2 Å². The average molecular weight is 238 g/mol. The van der Waals surface area contributed by atoms with Crippen molar-refractivity contribution in [2.45, 2.75) is 66.4 Å². The number of aliphatic hydroxyl groups is 1. The summed E-state index contributed by atoms with van der Waals surface area (Å²) < 4.78 is 0. The monoisotopic (exact) mass is 238 g/mol. The Bertz CT molecular complexity index is 271. The highest BCUT2D eigenvalue weighted by Gasteiger charge is 2.56. The summed E-state index contributed by atoms with van der Waals surface area (Å²) in [4.78, 5) is 0. The van der Waals surface area contributed by atoms with Crippen LogP contribution < -0.4 is 0 Å². The fraction of sp³-hybridized carbons (Fsp3) is 1.00. The molecule has 6 atom stereocenters. The molecule has 0 aromatic carbocycles. The Morgan fingerprint density at radius 2 is 1.94 bits per heavy atom. The minimum absolute atomic E-state index is 0.0894. The first-order valence-corrected chi connectivity index (χ1v) is 7.56. The summed E-state index contributed by atoms with van der Waals surface area (Å²) >= 11 is 0. The van der Waals surface area contributed by atoms with Crippen LogP contribution in [-0.2, 0) is 0 Å². The second-order valence-electron chi connectivity index (χ2n) is 7.40. The lowest BCUT2D eigenvalue weighted by Crippen LogP contribution is -2.55. The van der Waals surface area contributed by atoms with E-state index in [-0.39, 0.29) is 6.10 Å². The molecule has 17 heavy (non-hydrogen) atoms. The van der Waals surface area contributed by atoms with Gasteiger partial charge in [-0.2, -0.15) is 0 Å². The van der Waals surface area contributed by atoms with Gasteiger partial charge in [-0.05, 0) is 60.7 Å². The molecule has 100 valence electrons. The average Bonchev–Trinajstić information content (AvgIpc) is 2.29. The zero-order valence-corrected chi connectivity index (χ0v) is 12.2. The molecule has 3 aliphatic rings. The molecule has 0 heterocycles. The molecule has 0 aliphatic heterocycles. The van der Waals surface area contributed by atoms with Crippen molar-refractivity contribution in [2.24, 2.45) is 35.0 Å². The van der Waals surface area contributed by atoms with Gasteiger partial charge in [-0.15, -0.1) is 0 Å². The summed E-state index contributed by atoms with van der Waals surface area (Å²) in [5, 5.41) is 9.92. The molecule has 0 amide bonds. The van der Waals surface area contributed by atoms with E-state index in [0.29, 0.717) is 11.3 Å². The SMILES string of the molecule is CCC(O)C(C)CC1CC2CC(C1C)C2(C)C. The Balaban J connectivity index is 1.93. The fourth-order valence-electron chi connectivity index (χ4n) is 4.60. The molecule has 0 aromatic heterocycles. The Morgan fingerprint density at radius 3 is 2.41 bits per heavy atom. The van der Waals surface area contributed by atoms with Gasteiger partial charge in [-0.25, -0.2) is 0 Å². The normalized spacial score (nSPS) is 42.7. The summed E-state index contributed by atoms with van der Waals surface area (Å²) in [7, 11) is 0. The van der Waals surface area contributed by atoms with Crippen molar-refractivity contribution in [1.82, 2.24) is 0 Å². The van der Waals surface area contributed by atoms with Crippen molar-refractivity contribution < 1.29 is 5.11 Å². The molecule has 1 N–H and O–H groups in total. The molecule has 3 saturated carbocycles. The lowest BCUT2D eigenvalue weighted by atomic mass is 9.43. The maximum absolute atomic E-state index is 9.92. The second-order valence-corrected chi connectivity index (χ2v) is 7.40. The van der Waals surface area contributed by atoms with Crippen LogP contribution in [0.25, 0.3) is 0 Å². The minimum atomic E-state index is -0.0894. The van der Waals surface area contributed by atoms with Gasteiger partial charge in [0, 0.05) is 0 Å². The number of hydrogen-bond acceptors (Lipinski definition) is 1. The standard InChI is InChI=1S/C16H30O/c1-6-15(17)10(2)7-12-8-13-9-14(11(12)3)16(13,4)5/h10-15,17H,6-9H2,1-5H3. The maximum Gasteiger partial charge on any atom is 0.0563 e. The van der Waals surface area contributed by atoms with E-state index in [1.807, 2.05) is 0 Å². The number of hydrogen-bond donors (Lipinski definition) is 1. The van der Waals surface area contributed by atoms with E-state index in [2.05, 4.69) is 34.6 Å². The van der Waals surface area contributed by atoms with Gasteiger partial charge < -0.3 is 5.11 Å². The molecule has 0 radical (unpaired) electrons. The molecule has 2 bridgehead atoms. The largest absolute Gasteiger partial charge is 0.393 e. The Kier molecular flexibility index (Phi) is 3.60. The van der Waals surface area contributed by atoms with Crippen molar-refractivity contribution in [2.75, 3.05) is 0 Å². The number of rotatable bonds is 4. The molecule has 3 fully saturated rings. The van der Waals surface area contributed by atoms with Crippen molar-refractivity contribution in [3.8, 4) is 0 Å². The molecule has 0 spiro atoms. The summed E-state index contributed by atoms with van der Waals surface area (Å²) in [6, 6.07) is 0. The molecule has 0 saturated heterocycles. The molecule has 3 rings (SSSR count). The quantitative estimate of drug-likeness (QED) is 0.781. The third-order valence-electron chi connectivity index (χ3n) is 6.26. The Morgan fingerprint density at radius 1 is 1.29 bits per heavy atom. The van der Waals surface area contributed by atoms with Crippen LogP contribution in [0.15, 0.2) is 0 Å². The highest BCUT2D eigenvalue weighted by atomic mass is 16.3. The summed E-state index contributed by atoms with van der Waals surface area (Å²) in [5.74, 6) is 4.11. The van der Waals surface area contributed by atoms with E-state index in [9.17, 15) is 5.11 Å².